The molecule has 0 unspecified atom stereocenters. The summed E-state index contributed by atoms with van der Waals surface area (Å²) in [6.07, 6.45) is 4.46. The number of aromatic nitrogens is 2. The van der Waals surface area contributed by atoms with Crippen LogP contribution >= 0.6 is 11.3 Å². The van der Waals surface area contributed by atoms with Crippen LogP contribution in [0.1, 0.15) is 40.5 Å². The summed E-state index contributed by atoms with van der Waals surface area (Å²) in [5, 5.41) is 11.4. The summed E-state index contributed by atoms with van der Waals surface area (Å²) < 4.78 is 10.6. The van der Waals surface area contributed by atoms with Crippen LogP contribution in [0.25, 0.3) is 0 Å². The highest BCUT2D eigenvalue weighted by molar-refractivity contribution is 7.13. The Morgan fingerprint density at radius 2 is 1.82 bits per heavy atom. The fraction of sp³-hybridized carbons (Fsp3) is 0.474. The van der Waals surface area contributed by atoms with Gasteiger partial charge in [-0.25, -0.2) is 0 Å². The van der Waals surface area contributed by atoms with E-state index in [1.54, 1.807) is 31.4 Å². The zero-order valence-electron chi connectivity index (χ0n) is 15.8. The van der Waals surface area contributed by atoms with Gasteiger partial charge in [0.1, 0.15) is 24.0 Å². The number of rotatable bonds is 7. The molecule has 8 nitrogen and oxygen atoms in total. The van der Waals surface area contributed by atoms with Gasteiger partial charge in [-0.1, -0.05) is 24.2 Å². The molecule has 0 aliphatic carbocycles. The maximum atomic E-state index is 12.3. The molecule has 2 heterocycles. The van der Waals surface area contributed by atoms with Crippen LogP contribution in [0.5, 0.6) is 5.75 Å². The standard InChI is InChI=1S/C19H24N4O4S/c1-26-15-8-6-14(7-9-15)20-18(25)19-22-21-16(28-19)12-27-13-17(24)23-10-4-2-3-5-11-23/h6-9H,2-5,10-13H2,1H3,(H,20,25). The van der Waals surface area contributed by atoms with Crippen LogP contribution in [0.15, 0.2) is 24.3 Å². The minimum absolute atomic E-state index is 0.00360. The second kappa shape index (κ2) is 10.1. The molecule has 0 radical (unpaired) electrons. The molecule has 0 atom stereocenters. The molecular formula is C19H24N4O4S. The highest BCUT2D eigenvalue weighted by Crippen LogP contribution is 2.17. The highest BCUT2D eigenvalue weighted by Gasteiger charge is 2.17. The fourth-order valence-corrected chi connectivity index (χ4v) is 3.57. The van der Waals surface area contributed by atoms with Crippen LogP contribution in [-0.2, 0) is 16.1 Å². The highest BCUT2D eigenvalue weighted by atomic mass is 32.1. The van der Waals surface area contributed by atoms with Crippen molar-refractivity contribution in [3.63, 3.8) is 0 Å². The average Bonchev–Trinajstić information content (AvgIpc) is 3.01. The molecule has 1 aromatic carbocycles. The molecule has 1 aliphatic rings. The summed E-state index contributed by atoms with van der Waals surface area (Å²) in [5.74, 6) is 0.376. The monoisotopic (exact) mass is 404 g/mol. The average molecular weight is 404 g/mol. The lowest BCUT2D eigenvalue weighted by atomic mass is 10.2. The summed E-state index contributed by atoms with van der Waals surface area (Å²) in [5.41, 5.74) is 0.641. The summed E-state index contributed by atoms with van der Waals surface area (Å²) >= 11 is 1.15. The maximum absolute atomic E-state index is 12.3. The van der Waals surface area contributed by atoms with Gasteiger partial charge in [-0.2, -0.15) is 0 Å². The van der Waals surface area contributed by atoms with E-state index in [1.165, 1.54) is 12.8 Å². The van der Waals surface area contributed by atoms with Crippen molar-refractivity contribution in [3.8, 4) is 5.75 Å². The normalized spacial score (nSPS) is 14.4. The van der Waals surface area contributed by atoms with Crippen molar-refractivity contribution in [2.45, 2.75) is 32.3 Å². The van der Waals surface area contributed by atoms with Crippen molar-refractivity contribution in [2.24, 2.45) is 0 Å². The third-order valence-electron chi connectivity index (χ3n) is 4.42. The van der Waals surface area contributed by atoms with E-state index >= 15 is 0 Å². The Bertz CT molecular complexity index is 785. The summed E-state index contributed by atoms with van der Waals surface area (Å²) in [4.78, 5) is 26.3. The quantitative estimate of drug-likeness (QED) is 0.763. The van der Waals surface area contributed by atoms with Gasteiger partial charge < -0.3 is 19.7 Å². The largest absolute Gasteiger partial charge is 0.497 e. The van der Waals surface area contributed by atoms with Gasteiger partial charge in [0.2, 0.25) is 10.9 Å². The lowest BCUT2D eigenvalue weighted by Crippen LogP contribution is -2.34. The number of benzene rings is 1. The number of carbonyl (C=O) groups excluding carboxylic acids is 2. The number of nitrogens with one attached hydrogen (secondary N) is 1. The molecule has 1 saturated heterocycles. The Kier molecular flexibility index (Phi) is 7.32. The van der Waals surface area contributed by atoms with Crippen molar-refractivity contribution < 1.29 is 19.1 Å². The molecule has 0 saturated carbocycles. The van der Waals surface area contributed by atoms with Crippen LogP contribution in [0.3, 0.4) is 0 Å². The van der Waals surface area contributed by atoms with Gasteiger partial charge in [-0.15, -0.1) is 10.2 Å². The first-order valence-corrected chi connectivity index (χ1v) is 10.1. The first kappa shape index (κ1) is 20.2. The SMILES string of the molecule is COc1ccc(NC(=O)c2nnc(COCC(=O)N3CCCCCC3)s2)cc1. The van der Waals surface area contributed by atoms with Gasteiger partial charge in [-0.05, 0) is 37.1 Å². The van der Waals surface area contributed by atoms with E-state index in [-0.39, 0.29) is 30.0 Å². The van der Waals surface area contributed by atoms with Crippen LogP contribution in [0, 0.1) is 0 Å². The summed E-state index contributed by atoms with van der Waals surface area (Å²) in [7, 11) is 1.58. The van der Waals surface area contributed by atoms with Crippen molar-refractivity contribution in [1.29, 1.82) is 0 Å². The van der Waals surface area contributed by atoms with Crippen molar-refractivity contribution in [3.05, 3.63) is 34.3 Å². The molecule has 1 fully saturated rings. The topological polar surface area (TPSA) is 93.6 Å². The van der Waals surface area contributed by atoms with Crippen LogP contribution in [0.4, 0.5) is 5.69 Å². The van der Waals surface area contributed by atoms with Crippen LogP contribution in [0.2, 0.25) is 0 Å². The predicted molar refractivity (Wildman–Crippen MR) is 106 cm³/mol. The van der Waals surface area contributed by atoms with E-state index in [1.807, 2.05) is 4.90 Å². The van der Waals surface area contributed by atoms with Gasteiger partial charge in [0.05, 0.1) is 7.11 Å². The Morgan fingerprint density at radius 3 is 2.50 bits per heavy atom. The number of ether oxygens (including phenoxy) is 2. The molecular weight excluding hydrogens is 380 g/mol. The molecule has 0 bridgehead atoms. The molecule has 1 aromatic heterocycles. The molecule has 0 spiro atoms. The minimum Gasteiger partial charge on any atom is -0.497 e. The number of nitrogens with zero attached hydrogens (tertiary/aromatic N) is 3. The third-order valence-corrected chi connectivity index (χ3v) is 5.31. The van der Waals surface area contributed by atoms with Gasteiger partial charge in [0, 0.05) is 18.8 Å². The molecule has 1 N–H and O–H groups in total. The van der Waals surface area contributed by atoms with Crippen molar-refractivity contribution in [2.75, 3.05) is 32.1 Å². The van der Waals surface area contributed by atoms with E-state index in [0.29, 0.717) is 16.4 Å². The first-order chi connectivity index (χ1) is 13.7. The Labute approximate surface area is 167 Å². The van der Waals surface area contributed by atoms with Gasteiger partial charge in [-0.3, -0.25) is 9.59 Å². The number of amides is 2. The minimum atomic E-state index is -0.338. The number of anilines is 1. The van der Waals surface area contributed by atoms with E-state index in [0.717, 1.165) is 37.3 Å². The first-order valence-electron chi connectivity index (χ1n) is 9.29. The zero-order chi connectivity index (χ0) is 19.8. The number of hydrogen-bond donors (Lipinski definition) is 1. The number of hydrogen-bond acceptors (Lipinski definition) is 7. The summed E-state index contributed by atoms with van der Waals surface area (Å²) in [6.45, 7) is 1.79. The van der Waals surface area contributed by atoms with E-state index in [2.05, 4.69) is 15.5 Å². The second-order valence-electron chi connectivity index (χ2n) is 6.47. The predicted octanol–water partition coefficient (Wildman–Crippen LogP) is 2.72. The second-order valence-corrected chi connectivity index (χ2v) is 7.53. The van der Waals surface area contributed by atoms with Crippen molar-refractivity contribution >= 4 is 28.8 Å². The molecule has 2 amide bonds. The van der Waals surface area contributed by atoms with Crippen LogP contribution in [-0.4, -0.2) is 53.7 Å². The molecule has 1 aliphatic heterocycles. The van der Waals surface area contributed by atoms with E-state index in [9.17, 15) is 9.59 Å². The number of carbonyl (C=O) groups is 2. The zero-order valence-corrected chi connectivity index (χ0v) is 16.7. The van der Waals surface area contributed by atoms with Gasteiger partial charge >= 0.3 is 0 Å². The maximum Gasteiger partial charge on any atom is 0.286 e. The molecule has 9 heteroatoms. The Balaban J connectivity index is 1.45. The lowest BCUT2D eigenvalue weighted by molar-refractivity contribution is -0.136. The molecule has 3 rings (SSSR count). The smallest absolute Gasteiger partial charge is 0.286 e. The number of methoxy groups -OCH3 is 1. The fourth-order valence-electron chi connectivity index (χ4n) is 2.90. The van der Waals surface area contributed by atoms with Gasteiger partial charge in [0.15, 0.2) is 0 Å². The van der Waals surface area contributed by atoms with Crippen LogP contribution < -0.4 is 10.1 Å². The third kappa shape index (κ3) is 5.74. The molecule has 28 heavy (non-hydrogen) atoms. The van der Waals surface area contributed by atoms with E-state index in [4.69, 9.17) is 9.47 Å². The van der Waals surface area contributed by atoms with Crippen molar-refractivity contribution in [1.82, 2.24) is 15.1 Å². The summed E-state index contributed by atoms with van der Waals surface area (Å²) in [6, 6.07) is 7.01. The Hall–Kier alpha value is -2.52. The van der Waals surface area contributed by atoms with Gasteiger partial charge in [0.25, 0.3) is 5.91 Å². The van der Waals surface area contributed by atoms with E-state index < -0.39 is 0 Å². The molecule has 150 valence electrons. The molecule has 2 aromatic rings. The number of likely N-dealkylation sites (tertiary alicyclic amines) is 1. The lowest BCUT2D eigenvalue weighted by Gasteiger charge is -2.19. The Morgan fingerprint density at radius 1 is 1.11 bits per heavy atom.